The number of halogens is 2. The molecule has 0 spiro atoms. The smallest absolute Gasteiger partial charge is 0.0469 e. The summed E-state index contributed by atoms with van der Waals surface area (Å²) in [5.41, 5.74) is 6.22. The molecule has 2 N–H and O–H groups in total. The lowest BCUT2D eigenvalue weighted by Crippen LogP contribution is -2.26. The van der Waals surface area contributed by atoms with E-state index in [0.29, 0.717) is 5.92 Å². The molecule has 0 aromatic carbocycles. The van der Waals surface area contributed by atoms with Gasteiger partial charge in [0.1, 0.15) is 0 Å². The third-order valence-electron chi connectivity index (χ3n) is 2.69. The van der Waals surface area contributed by atoms with Gasteiger partial charge < -0.3 is 10.5 Å². The molecular weight excluding hydrogens is 298 g/mol. The van der Waals surface area contributed by atoms with Gasteiger partial charge in [0.15, 0.2) is 0 Å². The molecule has 1 fully saturated rings. The Labute approximate surface area is 109 Å². The van der Waals surface area contributed by atoms with Gasteiger partial charge in [-0.05, 0) is 40.8 Å². The number of nitrogens with two attached hydrogens (primary N) is 1. The summed E-state index contributed by atoms with van der Waals surface area (Å²) in [7, 11) is 0. The van der Waals surface area contributed by atoms with E-state index in [0.717, 1.165) is 30.5 Å². The van der Waals surface area contributed by atoms with E-state index < -0.39 is 0 Å². The SMILES string of the molecule is Cl.N[C@@H](c1cc(Br)cs1)C1CCOCC1. The Kier molecular flexibility index (Phi) is 5.57. The summed E-state index contributed by atoms with van der Waals surface area (Å²) in [6.07, 6.45) is 2.19. The Morgan fingerprint density at radius 1 is 1.47 bits per heavy atom. The second kappa shape index (κ2) is 6.21. The van der Waals surface area contributed by atoms with Gasteiger partial charge in [0.25, 0.3) is 0 Å². The van der Waals surface area contributed by atoms with Crippen LogP contribution in [0.4, 0.5) is 0 Å². The number of rotatable bonds is 2. The van der Waals surface area contributed by atoms with E-state index in [1.807, 2.05) is 0 Å². The van der Waals surface area contributed by atoms with Crippen LogP contribution in [0.1, 0.15) is 23.8 Å². The van der Waals surface area contributed by atoms with Crippen LogP contribution in [0.2, 0.25) is 0 Å². The topological polar surface area (TPSA) is 35.2 Å². The van der Waals surface area contributed by atoms with Gasteiger partial charge in [-0.1, -0.05) is 0 Å². The maximum Gasteiger partial charge on any atom is 0.0469 e. The van der Waals surface area contributed by atoms with Crippen LogP contribution in [0, 0.1) is 5.92 Å². The normalized spacial score (nSPS) is 19.6. The summed E-state index contributed by atoms with van der Waals surface area (Å²) in [6.45, 7) is 1.73. The highest BCUT2D eigenvalue weighted by molar-refractivity contribution is 9.10. The zero-order valence-electron chi connectivity index (χ0n) is 8.32. The summed E-state index contributed by atoms with van der Waals surface area (Å²) in [6, 6.07) is 2.32. The lowest BCUT2D eigenvalue weighted by atomic mass is 9.91. The highest BCUT2D eigenvalue weighted by Gasteiger charge is 2.23. The van der Waals surface area contributed by atoms with Crippen molar-refractivity contribution in [3.05, 3.63) is 20.8 Å². The van der Waals surface area contributed by atoms with Crippen LogP contribution in [-0.4, -0.2) is 13.2 Å². The summed E-state index contributed by atoms with van der Waals surface area (Å²) < 4.78 is 6.47. The van der Waals surface area contributed by atoms with E-state index in [1.165, 1.54) is 4.88 Å². The van der Waals surface area contributed by atoms with Gasteiger partial charge in [-0.25, -0.2) is 0 Å². The zero-order valence-corrected chi connectivity index (χ0v) is 11.5. The van der Waals surface area contributed by atoms with E-state index in [2.05, 4.69) is 27.4 Å². The summed E-state index contributed by atoms with van der Waals surface area (Å²) in [5.74, 6) is 0.592. The maximum atomic E-state index is 6.22. The molecule has 15 heavy (non-hydrogen) atoms. The third-order valence-corrected chi connectivity index (χ3v) is 4.48. The van der Waals surface area contributed by atoms with Crippen molar-refractivity contribution < 1.29 is 4.74 Å². The number of thiophene rings is 1. The van der Waals surface area contributed by atoms with Crippen LogP contribution >= 0.6 is 39.7 Å². The van der Waals surface area contributed by atoms with Crippen LogP contribution in [-0.2, 0) is 4.74 Å². The van der Waals surface area contributed by atoms with Crippen LogP contribution in [0.5, 0.6) is 0 Å². The van der Waals surface area contributed by atoms with Crippen LogP contribution in [0.15, 0.2) is 15.9 Å². The average Bonchev–Trinajstić information content (AvgIpc) is 2.65. The fourth-order valence-corrected chi connectivity index (χ4v) is 3.35. The first-order valence-electron chi connectivity index (χ1n) is 4.84. The van der Waals surface area contributed by atoms with E-state index in [1.54, 1.807) is 11.3 Å². The second-order valence-corrected chi connectivity index (χ2v) is 5.50. The molecule has 86 valence electrons. The fraction of sp³-hybridized carbons (Fsp3) is 0.600. The van der Waals surface area contributed by atoms with Crippen molar-refractivity contribution in [2.45, 2.75) is 18.9 Å². The van der Waals surface area contributed by atoms with Crippen molar-refractivity contribution in [3.63, 3.8) is 0 Å². The van der Waals surface area contributed by atoms with Crippen molar-refractivity contribution in [3.8, 4) is 0 Å². The van der Waals surface area contributed by atoms with Gasteiger partial charge in [0, 0.05) is 34.0 Å². The fourth-order valence-electron chi connectivity index (χ4n) is 1.81. The van der Waals surface area contributed by atoms with Crippen LogP contribution < -0.4 is 5.73 Å². The quantitative estimate of drug-likeness (QED) is 0.909. The average molecular weight is 313 g/mol. The van der Waals surface area contributed by atoms with E-state index in [9.17, 15) is 0 Å². The van der Waals surface area contributed by atoms with E-state index >= 15 is 0 Å². The molecule has 1 aromatic heterocycles. The third kappa shape index (κ3) is 3.43. The van der Waals surface area contributed by atoms with E-state index in [4.69, 9.17) is 10.5 Å². The van der Waals surface area contributed by atoms with Gasteiger partial charge in [0.05, 0.1) is 0 Å². The molecule has 0 radical (unpaired) electrons. The minimum atomic E-state index is 0. The molecule has 2 heterocycles. The van der Waals surface area contributed by atoms with Gasteiger partial charge in [-0.2, -0.15) is 0 Å². The molecule has 1 aromatic rings. The molecule has 1 atom stereocenters. The summed E-state index contributed by atoms with van der Waals surface area (Å²) >= 11 is 5.19. The summed E-state index contributed by atoms with van der Waals surface area (Å²) in [4.78, 5) is 1.28. The van der Waals surface area contributed by atoms with Crippen molar-refractivity contribution in [2.24, 2.45) is 11.7 Å². The Balaban J connectivity index is 0.00000112. The minimum Gasteiger partial charge on any atom is -0.381 e. The standard InChI is InChI=1S/C10H14BrNOS.ClH/c11-8-5-9(14-6-8)10(12)7-1-3-13-4-2-7;/h5-7,10H,1-4,12H2;1H/t10-;/m1./s1. The first kappa shape index (κ1) is 13.5. The van der Waals surface area contributed by atoms with Gasteiger partial charge >= 0.3 is 0 Å². The number of ether oxygens (including phenoxy) is 1. The van der Waals surface area contributed by atoms with Crippen molar-refractivity contribution in [1.82, 2.24) is 0 Å². The van der Waals surface area contributed by atoms with Crippen LogP contribution in [0.3, 0.4) is 0 Å². The number of hydrogen-bond acceptors (Lipinski definition) is 3. The molecule has 0 aliphatic carbocycles. The minimum absolute atomic E-state index is 0. The maximum absolute atomic E-state index is 6.22. The monoisotopic (exact) mass is 311 g/mol. The zero-order chi connectivity index (χ0) is 9.97. The Morgan fingerprint density at radius 2 is 2.13 bits per heavy atom. The first-order chi connectivity index (χ1) is 6.77. The Hall–Kier alpha value is 0.390. The molecule has 1 saturated heterocycles. The van der Waals surface area contributed by atoms with Crippen molar-refractivity contribution >= 4 is 39.7 Å². The second-order valence-electron chi connectivity index (χ2n) is 3.64. The highest BCUT2D eigenvalue weighted by Crippen LogP contribution is 2.32. The molecule has 0 amide bonds. The lowest BCUT2D eigenvalue weighted by Gasteiger charge is -2.26. The molecule has 0 bridgehead atoms. The van der Waals surface area contributed by atoms with Crippen molar-refractivity contribution in [1.29, 1.82) is 0 Å². The number of hydrogen-bond donors (Lipinski definition) is 1. The Bertz CT molecular complexity index is 301. The molecule has 0 saturated carbocycles. The highest BCUT2D eigenvalue weighted by atomic mass is 79.9. The molecule has 1 aliphatic heterocycles. The molecular formula is C10H15BrClNOS. The Morgan fingerprint density at radius 3 is 2.67 bits per heavy atom. The molecule has 1 aliphatic rings. The summed E-state index contributed by atoms with van der Waals surface area (Å²) in [5, 5.41) is 2.09. The predicted octanol–water partition coefficient (Wildman–Crippen LogP) is 3.36. The van der Waals surface area contributed by atoms with Crippen LogP contribution in [0.25, 0.3) is 0 Å². The predicted molar refractivity (Wildman–Crippen MR) is 69.7 cm³/mol. The molecule has 5 heteroatoms. The first-order valence-corrected chi connectivity index (χ1v) is 6.52. The van der Waals surface area contributed by atoms with Gasteiger partial charge in [-0.3, -0.25) is 0 Å². The largest absolute Gasteiger partial charge is 0.381 e. The van der Waals surface area contributed by atoms with Gasteiger partial charge in [-0.15, -0.1) is 23.7 Å². The molecule has 2 rings (SSSR count). The van der Waals surface area contributed by atoms with Gasteiger partial charge in [0.2, 0.25) is 0 Å². The van der Waals surface area contributed by atoms with E-state index in [-0.39, 0.29) is 18.4 Å². The molecule has 0 unspecified atom stereocenters. The molecule has 2 nitrogen and oxygen atoms in total. The van der Waals surface area contributed by atoms with Crippen molar-refractivity contribution in [2.75, 3.05) is 13.2 Å². The lowest BCUT2D eigenvalue weighted by molar-refractivity contribution is 0.0587.